The molecule has 0 radical (unpaired) electrons. The average molecular weight is 382 g/mol. The van der Waals surface area contributed by atoms with Gasteiger partial charge in [0.1, 0.15) is 11.6 Å². The van der Waals surface area contributed by atoms with Crippen LogP contribution in [0.15, 0.2) is 72.9 Å². The number of benzene rings is 2. The van der Waals surface area contributed by atoms with E-state index < -0.39 is 11.9 Å². The van der Waals surface area contributed by atoms with Gasteiger partial charge in [-0.05, 0) is 48.4 Å². The lowest BCUT2D eigenvalue weighted by Crippen LogP contribution is -2.42. The Balaban J connectivity index is 1.89. The Hall–Kier alpha value is -3.28. The van der Waals surface area contributed by atoms with Crippen molar-refractivity contribution in [1.29, 1.82) is 0 Å². The average Bonchev–Trinajstić information content (AvgIpc) is 2.72. The van der Waals surface area contributed by atoms with Gasteiger partial charge in [-0.2, -0.15) is 0 Å². The van der Waals surface area contributed by atoms with E-state index in [1.54, 1.807) is 55.6 Å². The number of nitrogens with zero attached hydrogens (tertiary/aromatic N) is 2. The molecule has 1 amide bonds. The normalized spacial score (nSPS) is 11.7. The molecule has 1 aromatic heterocycles. The fraction of sp³-hybridized carbons (Fsp3) is 0.182. The zero-order valence-corrected chi connectivity index (χ0v) is 15.4. The lowest BCUT2D eigenvalue weighted by molar-refractivity contribution is -0.125. The second kappa shape index (κ2) is 9.08. The van der Waals surface area contributed by atoms with Crippen molar-refractivity contribution in [3.05, 3.63) is 90.1 Å². The van der Waals surface area contributed by atoms with Crippen LogP contribution in [-0.2, 0) is 11.3 Å². The minimum atomic E-state index is -0.910. The highest BCUT2D eigenvalue weighted by atomic mass is 19.1. The summed E-state index contributed by atoms with van der Waals surface area (Å²) in [6.45, 7) is 1.90. The molecule has 2 aromatic carbocycles. The van der Waals surface area contributed by atoms with E-state index >= 15 is 0 Å². The van der Waals surface area contributed by atoms with Gasteiger partial charge in [0.25, 0.3) is 5.91 Å². The number of rotatable bonds is 7. The lowest BCUT2D eigenvalue weighted by Gasteiger charge is -2.27. The van der Waals surface area contributed by atoms with Crippen molar-refractivity contribution < 1.29 is 18.3 Å². The van der Waals surface area contributed by atoms with Crippen molar-refractivity contribution >= 4 is 11.7 Å². The fourth-order valence-corrected chi connectivity index (χ4v) is 2.78. The van der Waals surface area contributed by atoms with Crippen molar-refractivity contribution in [1.82, 2.24) is 4.98 Å². The third-order valence-corrected chi connectivity index (χ3v) is 4.17. The lowest BCUT2D eigenvalue weighted by atomic mass is 10.1. The molecule has 1 atom stereocenters. The molecular formula is C22H20F2N2O2. The molecule has 0 aliphatic heterocycles. The molecule has 0 bridgehead atoms. The van der Waals surface area contributed by atoms with Crippen LogP contribution in [0.25, 0.3) is 0 Å². The Bertz CT molecular complexity index is 935. The van der Waals surface area contributed by atoms with Gasteiger partial charge in [-0.25, -0.2) is 13.8 Å². The molecule has 0 aliphatic carbocycles. The number of ether oxygens (including phenoxy) is 1. The van der Waals surface area contributed by atoms with E-state index in [1.807, 2.05) is 0 Å². The zero-order valence-electron chi connectivity index (χ0n) is 15.4. The summed E-state index contributed by atoms with van der Waals surface area (Å²) < 4.78 is 33.2. The Morgan fingerprint density at radius 3 is 2.54 bits per heavy atom. The Morgan fingerprint density at radius 1 is 1.07 bits per heavy atom. The second-order valence-corrected chi connectivity index (χ2v) is 6.19. The summed E-state index contributed by atoms with van der Waals surface area (Å²) in [5.41, 5.74) is 0.611. The van der Waals surface area contributed by atoms with Crippen LogP contribution in [0.1, 0.15) is 18.9 Å². The van der Waals surface area contributed by atoms with E-state index in [-0.39, 0.29) is 24.0 Å². The van der Waals surface area contributed by atoms with Crippen LogP contribution < -0.4 is 9.64 Å². The van der Waals surface area contributed by atoms with Crippen molar-refractivity contribution in [2.75, 3.05) is 4.90 Å². The van der Waals surface area contributed by atoms with Crippen LogP contribution >= 0.6 is 0 Å². The zero-order chi connectivity index (χ0) is 19.9. The molecule has 0 saturated carbocycles. The second-order valence-electron chi connectivity index (χ2n) is 6.19. The maximum atomic E-state index is 14.0. The molecule has 3 aromatic rings. The number of carbonyl (C=O) groups is 1. The molecule has 0 saturated heterocycles. The number of hydrogen-bond donors (Lipinski definition) is 0. The number of hydrogen-bond acceptors (Lipinski definition) is 3. The number of aromatic nitrogens is 1. The number of pyridine rings is 1. The van der Waals surface area contributed by atoms with E-state index in [4.69, 9.17) is 4.74 Å². The summed E-state index contributed by atoms with van der Waals surface area (Å²) >= 11 is 0. The maximum Gasteiger partial charge on any atom is 0.269 e. The monoisotopic (exact) mass is 382 g/mol. The molecular weight excluding hydrogens is 362 g/mol. The predicted octanol–water partition coefficient (Wildman–Crippen LogP) is 4.75. The summed E-state index contributed by atoms with van der Waals surface area (Å²) in [5, 5.41) is 0. The molecule has 1 heterocycles. The van der Waals surface area contributed by atoms with E-state index in [1.165, 1.54) is 29.2 Å². The highest BCUT2D eigenvalue weighted by molar-refractivity contribution is 5.95. The minimum Gasteiger partial charge on any atom is -0.478 e. The van der Waals surface area contributed by atoms with Crippen molar-refractivity contribution in [3.63, 3.8) is 0 Å². The van der Waals surface area contributed by atoms with E-state index in [0.29, 0.717) is 17.8 Å². The third-order valence-electron chi connectivity index (χ3n) is 4.17. The Labute approximate surface area is 162 Å². The van der Waals surface area contributed by atoms with E-state index in [9.17, 15) is 13.6 Å². The first-order chi connectivity index (χ1) is 13.6. The summed E-state index contributed by atoms with van der Waals surface area (Å²) in [6, 6.07) is 17.1. The molecule has 6 heteroatoms. The topological polar surface area (TPSA) is 42.4 Å². The summed E-state index contributed by atoms with van der Waals surface area (Å²) in [4.78, 5) is 18.9. The smallest absolute Gasteiger partial charge is 0.269 e. The summed E-state index contributed by atoms with van der Waals surface area (Å²) in [5.74, 6) is -0.890. The van der Waals surface area contributed by atoms with Crippen LogP contribution in [0.3, 0.4) is 0 Å². The number of halogens is 2. The predicted molar refractivity (Wildman–Crippen MR) is 103 cm³/mol. The van der Waals surface area contributed by atoms with Crippen LogP contribution in [-0.4, -0.2) is 17.0 Å². The van der Waals surface area contributed by atoms with Gasteiger partial charge in [0.2, 0.25) is 0 Å². The molecule has 4 nitrogen and oxygen atoms in total. The SMILES string of the molecule is CCC(Oc1ccccc1F)C(=O)N(Cc1cccc(F)c1)c1ccccn1. The molecule has 0 N–H and O–H groups in total. The molecule has 0 aliphatic rings. The quantitative estimate of drug-likeness (QED) is 0.592. The van der Waals surface area contributed by atoms with Gasteiger partial charge < -0.3 is 4.74 Å². The first-order valence-corrected chi connectivity index (χ1v) is 8.96. The van der Waals surface area contributed by atoms with Crippen LogP contribution in [0.5, 0.6) is 5.75 Å². The van der Waals surface area contributed by atoms with E-state index in [2.05, 4.69) is 4.98 Å². The van der Waals surface area contributed by atoms with Gasteiger partial charge in [0, 0.05) is 6.20 Å². The molecule has 1 unspecified atom stereocenters. The van der Waals surface area contributed by atoms with Gasteiger partial charge >= 0.3 is 0 Å². The number of amides is 1. The maximum absolute atomic E-state index is 14.0. The largest absolute Gasteiger partial charge is 0.478 e. The van der Waals surface area contributed by atoms with Gasteiger partial charge in [-0.1, -0.05) is 37.3 Å². The van der Waals surface area contributed by atoms with Crippen molar-refractivity contribution in [3.8, 4) is 5.75 Å². The van der Waals surface area contributed by atoms with E-state index in [0.717, 1.165) is 0 Å². The first kappa shape index (κ1) is 19.5. The van der Waals surface area contributed by atoms with Crippen molar-refractivity contribution in [2.24, 2.45) is 0 Å². The van der Waals surface area contributed by atoms with Crippen LogP contribution in [0, 0.1) is 11.6 Å². The Kier molecular flexibility index (Phi) is 6.32. The van der Waals surface area contributed by atoms with Crippen LogP contribution in [0.4, 0.5) is 14.6 Å². The van der Waals surface area contributed by atoms with Gasteiger partial charge in [-0.15, -0.1) is 0 Å². The van der Waals surface area contributed by atoms with Gasteiger partial charge in [0.15, 0.2) is 17.7 Å². The highest BCUT2D eigenvalue weighted by Gasteiger charge is 2.27. The van der Waals surface area contributed by atoms with Crippen LogP contribution in [0.2, 0.25) is 0 Å². The fourth-order valence-electron chi connectivity index (χ4n) is 2.78. The minimum absolute atomic E-state index is 0.00873. The van der Waals surface area contributed by atoms with Crippen molar-refractivity contribution in [2.45, 2.75) is 26.0 Å². The summed E-state index contributed by atoms with van der Waals surface area (Å²) in [6.07, 6.45) is 0.993. The number of carbonyl (C=O) groups excluding carboxylic acids is 1. The summed E-state index contributed by atoms with van der Waals surface area (Å²) in [7, 11) is 0. The third kappa shape index (κ3) is 4.71. The Morgan fingerprint density at radius 2 is 1.86 bits per heavy atom. The molecule has 0 fully saturated rings. The molecule has 3 rings (SSSR count). The first-order valence-electron chi connectivity index (χ1n) is 8.96. The number of anilines is 1. The van der Waals surface area contributed by atoms with Gasteiger partial charge in [-0.3, -0.25) is 9.69 Å². The molecule has 144 valence electrons. The standard InChI is InChI=1S/C22H20F2N2O2/c1-2-19(28-20-11-4-3-10-18(20)24)22(27)26(21-12-5-6-13-25-21)15-16-8-7-9-17(23)14-16/h3-14,19H,2,15H2,1H3. The van der Waals surface area contributed by atoms with Gasteiger partial charge in [0.05, 0.1) is 6.54 Å². The number of para-hydroxylation sites is 1. The molecule has 0 spiro atoms. The highest BCUT2D eigenvalue weighted by Crippen LogP contribution is 2.22. The molecule has 28 heavy (non-hydrogen) atoms.